The molecule has 0 aromatic carbocycles. The first-order valence-corrected chi connectivity index (χ1v) is 8.39. The summed E-state index contributed by atoms with van der Waals surface area (Å²) in [5.74, 6) is -1.74. The Kier molecular flexibility index (Phi) is 6.69. The van der Waals surface area contributed by atoms with Crippen LogP contribution in [0.5, 0.6) is 0 Å². The van der Waals surface area contributed by atoms with Crippen molar-refractivity contribution in [2.24, 2.45) is 5.92 Å². The number of amides is 2. The summed E-state index contributed by atoms with van der Waals surface area (Å²) in [6.07, 6.45) is 4.79. The Morgan fingerprint density at radius 1 is 1.42 bits per heavy atom. The second-order valence-electron chi connectivity index (χ2n) is 6.22. The fraction of sp³-hybridized carbons (Fsp3) is 0.588. The standard InChI is InChI=1S/C17H25N3O4/c1-2-3-4-14(15(21)16(22)19-24)17(23)20-10-7-13(11-20)12-5-8-18-9-6-12/h5-6,8-9,13-15,21,24H,2-4,7,10-11H2,1H3,(H,19,22)/t13?,14-,15+/m1/s1. The van der Waals surface area contributed by atoms with Gasteiger partial charge in [-0.2, -0.15) is 0 Å². The predicted octanol–water partition coefficient (Wildman–Crippen LogP) is 1.07. The second-order valence-corrected chi connectivity index (χ2v) is 6.22. The first kappa shape index (κ1) is 18.4. The van der Waals surface area contributed by atoms with Gasteiger partial charge in [-0.3, -0.25) is 19.8 Å². The summed E-state index contributed by atoms with van der Waals surface area (Å²) in [5.41, 5.74) is 2.57. The van der Waals surface area contributed by atoms with Crippen LogP contribution >= 0.6 is 0 Å². The average Bonchev–Trinajstić information content (AvgIpc) is 3.11. The van der Waals surface area contributed by atoms with Crippen LogP contribution in [0.15, 0.2) is 24.5 Å². The van der Waals surface area contributed by atoms with Gasteiger partial charge in [0.2, 0.25) is 5.91 Å². The van der Waals surface area contributed by atoms with E-state index in [9.17, 15) is 14.7 Å². The molecule has 1 saturated heterocycles. The summed E-state index contributed by atoms with van der Waals surface area (Å²) >= 11 is 0. The molecule has 3 atom stereocenters. The highest BCUT2D eigenvalue weighted by Gasteiger charge is 2.37. The average molecular weight is 335 g/mol. The molecule has 24 heavy (non-hydrogen) atoms. The van der Waals surface area contributed by atoms with Crippen molar-refractivity contribution in [3.63, 3.8) is 0 Å². The van der Waals surface area contributed by atoms with E-state index in [1.807, 2.05) is 19.1 Å². The lowest BCUT2D eigenvalue weighted by molar-refractivity contribution is -0.150. The first-order chi connectivity index (χ1) is 11.6. The minimum atomic E-state index is -1.53. The molecule has 0 radical (unpaired) electrons. The van der Waals surface area contributed by atoms with E-state index >= 15 is 0 Å². The summed E-state index contributed by atoms with van der Waals surface area (Å²) in [6.45, 7) is 3.15. The Morgan fingerprint density at radius 3 is 2.75 bits per heavy atom. The highest BCUT2D eigenvalue weighted by Crippen LogP contribution is 2.29. The van der Waals surface area contributed by atoms with Crippen molar-refractivity contribution in [1.29, 1.82) is 0 Å². The number of unbranched alkanes of at least 4 members (excludes halogenated alkanes) is 1. The van der Waals surface area contributed by atoms with E-state index in [1.54, 1.807) is 17.3 Å². The maximum atomic E-state index is 12.8. The number of carbonyl (C=O) groups excluding carboxylic acids is 2. The number of carbonyl (C=O) groups is 2. The summed E-state index contributed by atoms with van der Waals surface area (Å²) in [4.78, 5) is 30.0. The zero-order chi connectivity index (χ0) is 17.5. The van der Waals surface area contributed by atoms with Crippen molar-refractivity contribution in [3.8, 4) is 0 Å². The molecule has 1 aromatic rings. The minimum Gasteiger partial charge on any atom is -0.382 e. The van der Waals surface area contributed by atoms with Gasteiger partial charge in [-0.05, 0) is 30.5 Å². The molecule has 0 saturated carbocycles. The van der Waals surface area contributed by atoms with Crippen LogP contribution in [0.25, 0.3) is 0 Å². The number of nitrogens with one attached hydrogen (secondary N) is 1. The van der Waals surface area contributed by atoms with Crippen LogP contribution in [0.1, 0.15) is 44.1 Å². The molecule has 7 nitrogen and oxygen atoms in total. The summed E-state index contributed by atoms with van der Waals surface area (Å²) in [6, 6.07) is 3.89. The third-order valence-corrected chi connectivity index (χ3v) is 4.62. The van der Waals surface area contributed by atoms with Crippen LogP contribution in [-0.4, -0.2) is 51.2 Å². The van der Waals surface area contributed by atoms with Crippen molar-refractivity contribution in [2.45, 2.75) is 44.6 Å². The van der Waals surface area contributed by atoms with Gasteiger partial charge in [-0.25, -0.2) is 5.48 Å². The molecule has 1 aromatic heterocycles. The van der Waals surface area contributed by atoms with Gasteiger partial charge in [0.15, 0.2) is 0 Å². The van der Waals surface area contributed by atoms with E-state index in [-0.39, 0.29) is 11.8 Å². The van der Waals surface area contributed by atoms with Crippen molar-refractivity contribution in [3.05, 3.63) is 30.1 Å². The largest absolute Gasteiger partial charge is 0.382 e. The number of pyridine rings is 1. The lowest BCUT2D eigenvalue weighted by atomic mass is 9.93. The van der Waals surface area contributed by atoms with E-state index in [2.05, 4.69) is 4.98 Å². The molecule has 1 aliphatic heterocycles. The molecule has 1 unspecified atom stereocenters. The van der Waals surface area contributed by atoms with Gasteiger partial charge >= 0.3 is 0 Å². The Labute approximate surface area is 141 Å². The van der Waals surface area contributed by atoms with Crippen LogP contribution in [-0.2, 0) is 9.59 Å². The van der Waals surface area contributed by atoms with Crippen molar-refractivity contribution >= 4 is 11.8 Å². The maximum Gasteiger partial charge on any atom is 0.272 e. The lowest BCUT2D eigenvalue weighted by Crippen LogP contribution is -2.46. The lowest BCUT2D eigenvalue weighted by Gasteiger charge is -2.26. The first-order valence-electron chi connectivity index (χ1n) is 8.39. The third kappa shape index (κ3) is 4.30. The Balaban J connectivity index is 2.05. The number of hydroxylamine groups is 1. The summed E-state index contributed by atoms with van der Waals surface area (Å²) in [5, 5.41) is 18.8. The quantitative estimate of drug-likeness (QED) is 0.511. The molecule has 0 aliphatic carbocycles. The summed E-state index contributed by atoms with van der Waals surface area (Å²) in [7, 11) is 0. The Bertz CT molecular complexity index is 552. The monoisotopic (exact) mass is 335 g/mol. The third-order valence-electron chi connectivity index (χ3n) is 4.62. The van der Waals surface area contributed by atoms with Crippen LogP contribution in [0, 0.1) is 5.92 Å². The fourth-order valence-electron chi connectivity index (χ4n) is 3.19. The van der Waals surface area contributed by atoms with Crippen LogP contribution < -0.4 is 5.48 Å². The molecule has 3 N–H and O–H groups in total. The van der Waals surface area contributed by atoms with E-state index in [4.69, 9.17) is 5.21 Å². The molecule has 2 amide bonds. The smallest absolute Gasteiger partial charge is 0.272 e. The zero-order valence-electron chi connectivity index (χ0n) is 13.9. The topological polar surface area (TPSA) is 103 Å². The van der Waals surface area contributed by atoms with Crippen molar-refractivity contribution in [2.75, 3.05) is 13.1 Å². The molecule has 2 heterocycles. The predicted molar refractivity (Wildman–Crippen MR) is 87.1 cm³/mol. The molecule has 1 fully saturated rings. The molecule has 0 bridgehead atoms. The Morgan fingerprint density at radius 2 is 2.12 bits per heavy atom. The number of nitrogens with zero attached hydrogens (tertiary/aromatic N) is 2. The second kappa shape index (κ2) is 8.75. The molecule has 7 heteroatoms. The Hall–Kier alpha value is -1.99. The molecule has 1 aliphatic rings. The van der Waals surface area contributed by atoms with Crippen LogP contribution in [0.2, 0.25) is 0 Å². The van der Waals surface area contributed by atoms with E-state index < -0.39 is 17.9 Å². The van der Waals surface area contributed by atoms with Gasteiger partial charge in [0.25, 0.3) is 5.91 Å². The number of aliphatic hydroxyl groups excluding tert-OH is 1. The van der Waals surface area contributed by atoms with Gasteiger partial charge in [0, 0.05) is 31.4 Å². The van der Waals surface area contributed by atoms with Gasteiger partial charge in [-0.1, -0.05) is 19.8 Å². The molecule has 2 rings (SSSR count). The SMILES string of the molecule is CCCC[C@@H](C(=O)N1CCC(c2ccncc2)C1)[C@H](O)C(=O)NO. The molecular formula is C17H25N3O4. The van der Waals surface area contributed by atoms with Gasteiger partial charge in [0.1, 0.15) is 6.10 Å². The number of likely N-dealkylation sites (tertiary alicyclic amines) is 1. The van der Waals surface area contributed by atoms with E-state index in [0.717, 1.165) is 24.8 Å². The van der Waals surface area contributed by atoms with Gasteiger partial charge in [-0.15, -0.1) is 0 Å². The number of rotatable bonds is 7. The zero-order valence-corrected chi connectivity index (χ0v) is 13.9. The molecule has 0 spiro atoms. The van der Waals surface area contributed by atoms with E-state index in [1.165, 1.54) is 5.48 Å². The van der Waals surface area contributed by atoms with E-state index in [0.29, 0.717) is 19.5 Å². The fourth-order valence-corrected chi connectivity index (χ4v) is 3.19. The number of hydrogen-bond acceptors (Lipinski definition) is 5. The maximum absolute atomic E-state index is 12.8. The van der Waals surface area contributed by atoms with Crippen molar-refractivity contribution < 1.29 is 19.9 Å². The number of hydrogen-bond donors (Lipinski definition) is 3. The highest BCUT2D eigenvalue weighted by atomic mass is 16.5. The number of aromatic nitrogens is 1. The highest BCUT2D eigenvalue weighted by molar-refractivity contribution is 5.88. The van der Waals surface area contributed by atoms with Crippen LogP contribution in [0.3, 0.4) is 0 Å². The van der Waals surface area contributed by atoms with Crippen LogP contribution in [0.4, 0.5) is 0 Å². The van der Waals surface area contributed by atoms with Crippen molar-refractivity contribution in [1.82, 2.24) is 15.4 Å². The number of aliphatic hydroxyl groups is 1. The normalized spacial score (nSPS) is 19.8. The molecule has 132 valence electrons. The molecular weight excluding hydrogens is 310 g/mol. The van der Waals surface area contributed by atoms with Gasteiger partial charge in [0.05, 0.1) is 5.92 Å². The minimum absolute atomic E-state index is 0.226. The van der Waals surface area contributed by atoms with Gasteiger partial charge < -0.3 is 10.0 Å². The summed E-state index contributed by atoms with van der Waals surface area (Å²) < 4.78 is 0.